The smallest absolute Gasteiger partial charge is 0.295 e. The fourth-order valence-corrected chi connectivity index (χ4v) is 1.80. The number of carbonyl (C=O) groups is 2. The van der Waals surface area contributed by atoms with Gasteiger partial charge in [-0.15, -0.1) is 0 Å². The van der Waals surface area contributed by atoms with Crippen molar-refractivity contribution in [3.05, 3.63) is 59.7 Å². The maximum Gasteiger partial charge on any atom is 0.295 e. The molecule has 0 spiro atoms. The van der Waals surface area contributed by atoms with Gasteiger partial charge in [-0.25, -0.2) is 0 Å². The molecule has 2 rings (SSSR count). The van der Waals surface area contributed by atoms with Crippen molar-refractivity contribution < 1.29 is 30.0 Å². The zero-order valence-electron chi connectivity index (χ0n) is 10.7. The Bertz CT molecular complexity index is 691. The van der Waals surface area contributed by atoms with Crippen LogP contribution in [0.25, 0.3) is 0 Å². The third kappa shape index (κ3) is 2.62. The van der Waals surface area contributed by atoms with Crippen molar-refractivity contribution in [2.24, 2.45) is 0 Å². The number of rotatable bonds is 4. The highest BCUT2D eigenvalue weighted by molar-refractivity contribution is 6.21. The molecule has 0 aromatic heterocycles. The van der Waals surface area contributed by atoms with E-state index >= 15 is 0 Å². The van der Waals surface area contributed by atoms with Crippen LogP contribution in [0.4, 0.5) is 0 Å². The van der Waals surface area contributed by atoms with Crippen LogP contribution in [0.15, 0.2) is 48.5 Å². The molecule has 0 aliphatic heterocycles. The van der Waals surface area contributed by atoms with Gasteiger partial charge in [0, 0.05) is 5.56 Å². The van der Waals surface area contributed by atoms with E-state index in [1.165, 1.54) is 30.3 Å². The van der Waals surface area contributed by atoms with E-state index in [1.807, 2.05) is 0 Å². The second-order valence-corrected chi connectivity index (χ2v) is 4.37. The maximum atomic E-state index is 12.1. The van der Waals surface area contributed by atoms with E-state index in [9.17, 15) is 30.0 Å². The van der Waals surface area contributed by atoms with Crippen molar-refractivity contribution in [1.29, 1.82) is 0 Å². The summed E-state index contributed by atoms with van der Waals surface area (Å²) in [6.07, 6.45) is 0. The third-order valence-corrected chi connectivity index (χ3v) is 2.93. The molecule has 6 nitrogen and oxygen atoms in total. The van der Waals surface area contributed by atoms with Gasteiger partial charge in [-0.1, -0.05) is 36.4 Å². The van der Waals surface area contributed by atoms with Gasteiger partial charge in [-0.3, -0.25) is 9.59 Å². The van der Waals surface area contributed by atoms with Crippen LogP contribution in [0.5, 0.6) is 11.5 Å². The predicted molar refractivity (Wildman–Crippen MR) is 72.0 cm³/mol. The van der Waals surface area contributed by atoms with E-state index in [-0.39, 0.29) is 5.56 Å². The summed E-state index contributed by atoms with van der Waals surface area (Å²) >= 11 is 0. The molecule has 21 heavy (non-hydrogen) atoms. The Balaban J connectivity index is 2.42. The van der Waals surface area contributed by atoms with Crippen molar-refractivity contribution in [3.8, 4) is 11.5 Å². The minimum atomic E-state index is -3.34. The highest BCUT2D eigenvalue weighted by atomic mass is 16.5. The Kier molecular flexibility index (Phi) is 3.75. The van der Waals surface area contributed by atoms with Crippen molar-refractivity contribution in [3.63, 3.8) is 0 Å². The number of phenols is 2. The molecule has 0 bridgehead atoms. The lowest BCUT2D eigenvalue weighted by atomic mass is 9.94. The third-order valence-electron chi connectivity index (χ3n) is 2.93. The lowest BCUT2D eigenvalue weighted by Gasteiger charge is -2.19. The molecule has 2 aromatic rings. The van der Waals surface area contributed by atoms with E-state index < -0.39 is 34.4 Å². The topological polar surface area (TPSA) is 115 Å². The molecule has 0 unspecified atom stereocenters. The van der Waals surface area contributed by atoms with Crippen LogP contribution in [0, 0.1) is 0 Å². The number of Topliss-reactive ketones (excluding diaryl/α,β-unsaturated/α-hetero) is 2. The SMILES string of the molecule is O=C(c1ccccc1)C(O)(O)C(=O)c1cccc(O)c1O. The average molecular weight is 288 g/mol. The van der Waals surface area contributed by atoms with Crippen molar-refractivity contribution in [2.45, 2.75) is 5.79 Å². The van der Waals surface area contributed by atoms with Crippen LogP contribution in [0.3, 0.4) is 0 Å². The van der Waals surface area contributed by atoms with Crippen molar-refractivity contribution in [2.75, 3.05) is 0 Å². The van der Waals surface area contributed by atoms with Crippen molar-refractivity contribution in [1.82, 2.24) is 0 Å². The van der Waals surface area contributed by atoms with Crippen LogP contribution < -0.4 is 0 Å². The monoisotopic (exact) mass is 288 g/mol. The Morgan fingerprint density at radius 2 is 1.43 bits per heavy atom. The number of hydrogen-bond acceptors (Lipinski definition) is 6. The molecule has 108 valence electrons. The fourth-order valence-electron chi connectivity index (χ4n) is 1.80. The van der Waals surface area contributed by atoms with Gasteiger partial charge in [0.15, 0.2) is 11.5 Å². The lowest BCUT2D eigenvalue weighted by Crippen LogP contribution is -2.46. The maximum absolute atomic E-state index is 12.1. The van der Waals surface area contributed by atoms with Crippen LogP contribution in [-0.4, -0.2) is 37.8 Å². The number of aliphatic hydroxyl groups is 2. The standard InChI is InChI=1S/C15H12O6/c16-11-8-4-7-10(12(11)17)14(19)15(20,21)13(18)9-5-2-1-3-6-9/h1-8,16-17,20-21H. The molecular formula is C15H12O6. The van der Waals surface area contributed by atoms with Gasteiger partial charge in [0.1, 0.15) is 0 Å². The zero-order chi connectivity index (χ0) is 15.6. The summed E-state index contributed by atoms with van der Waals surface area (Å²) in [6.45, 7) is 0. The van der Waals surface area contributed by atoms with Crippen LogP contribution in [0.1, 0.15) is 20.7 Å². The summed E-state index contributed by atoms with van der Waals surface area (Å²) in [4.78, 5) is 24.1. The second kappa shape index (κ2) is 5.35. The molecule has 0 heterocycles. The summed E-state index contributed by atoms with van der Waals surface area (Å²) < 4.78 is 0. The normalized spacial score (nSPS) is 11.1. The van der Waals surface area contributed by atoms with Crippen LogP contribution >= 0.6 is 0 Å². The molecule has 0 atom stereocenters. The Hall–Kier alpha value is -2.70. The predicted octanol–water partition coefficient (Wildman–Crippen LogP) is 0.844. The molecule has 0 fully saturated rings. The molecular weight excluding hydrogens is 276 g/mol. The number of carbonyl (C=O) groups excluding carboxylic acids is 2. The largest absolute Gasteiger partial charge is 0.504 e. The minimum absolute atomic E-state index is 0.0736. The second-order valence-electron chi connectivity index (χ2n) is 4.37. The van der Waals surface area contributed by atoms with Gasteiger partial charge in [-0.05, 0) is 12.1 Å². The molecule has 2 aromatic carbocycles. The van der Waals surface area contributed by atoms with Crippen LogP contribution in [-0.2, 0) is 0 Å². The lowest BCUT2D eigenvalue weighted by molar-refractivity contribution is -0.0890. The van der Waals surface area contributed by atoms with Gasteiger partial charge in [-0.2, -0.15) is 0 Å². The first-order chi connectivity index (χ1) is 9.85. The first kappa shape index (κ1) is 14.7. The fraction of sp³-hybridized carbons (Fsp3) is 0.0667. The average Bonchev–Trinajstić information content (AvgIpc) is 2.49. The summed E-state index contributed by atoms with van der Waals surface area (Å²) in [5.74, 6) is -7.42. The quantitative estimate of drug-likeness (QED) is 0.287. The molecule has 0 radical (unpaired) electrons. The van der Waals surface area contributed by atoms with Gasteiger partial charge in [0.05, 0.1) is 5.56 Å². The molecule has 0 aliphatic rings. The van der Waals surface area contributed by atoms with E-state index in [0.29, 0.717) is 0 Å². The molecule has 0 saturated heterocycles. The molecule has 0 saturated carbocycles. The number of phenolic OH excluding ortho intramolecular Hbond substituents is 2. The Labute approximate surface area is 119 Å². The van der Waals surface area contributed by atoms with Gasteiger partial charge in [0.2, 0.25) is 11.6 Å². The summed E-state index contributed by atoms with van der Waals surface area (Å²) in [5, 5.41) is 38.6. The summed E-state index contributed by atoms with van der Waals surface area (Å²) in [6, 6.07) is 10.7. The van der Waals surface area contributed by atoms with E-state index in [2.05, 4.69) is 0 Å². The summed E-state index contributed by atoms with van der Waals surface area (Å²) in [7, 11) is 0. The number of ketones is 2. The number of para-hydroxylation sites is 1. The number of aromatic hydroxyl groups is 2. The Morgan fingerprint density at radius 3 is 2.05 bits per heavy atom. The Morgan fingerprint density at radius 1 is 0.810 bits per heavy atom. The highest BCUT2D eigenvalue weighted by Gasteiger charge is 2.44. The van der Waals surface area contributed by atoms with E-state index in [0.717, 1.165) is 12.1 Å². The first-order valence-corrected chi connectivity index (χ1v) is 5.96. The molecule has 0 aliphatic carbocycles. The van der Waals surface area contributed by atoms with Crippen LogP contribution in [0.2, 0.25) is 0 Å². The first-order valence-electron chi connectivity index (χ1n) is 5.96. The highest BCUT2D eigenvalue weighted by Crippen LogP contribution is 2.31. The molecule has 6 heteroatoms. The van der Waals surface area contributed by atoms with E-state index in [4.69, 9.17) is 0 Å². The number of benzene rings is 2. The number of hydrogen-bond donors (Lipinski definition) is 4. The van der Waals surface area contributed by atoms with Gasteiger partial charge < -0.3 is 20.4 Å². The minimum Gasteiger partial charge on any atom is -0.504 e. The van der Waals surface area contributed by atoms with Gasteiger partial charge >= 0.3 is 0 Å². The summed E-state index contributed by atoms with van der Waals surface area (Å²) in [5.41, 5.74) is -0.639. The van der Waals surface area contributed by atoms with E-state index in [1.54, 1.807) is 6.07 Å². The molecule has 0 amide bonds. The molecule has 4 N–H and O–H groups in total. The van der Waals surface area contributed by atoms with Crippen molar-refractivity contribution >= 4 is 11.6 Å². The zero-order valence-corrected chi connectivity index (χ0v) is 10.7. The van der Waals surface area contributed by atoms with Gasteiger partial charge in [0.25, 0.3) is 5.79 Å².